The van der Waals surface area contributed by atoms with Gasteiger partial charge in [0.1, 0.15) is 28.4 Å². The highest BCUT2D eigenvalue weighted by molar-refractivity contribution is 6.22. The number of benzene rings is 10. The Hall–Kier alpha value is -9.39. The first kappa shape index (κ1) is 39.9. The summed E-state index contributed by atoms with van der Waals surface area (Å²) >= 11 is 0. The number of rotatable bonds is 7. The molecule has 0 fully saturated rings. The number of aromatic hydroxyl groups is 2. The van der Waals surface area contributed by atoms with Crippen LogP contribution in [0.2, 0.25) is 0 Å². The maximum absolute atomic E-state index is 11.4. The number of nitrogens with zero attached hydrogens (tertiary/aromatic N) is 4. The van der Waals surface area contributed by atoms with Crippen molar-refractivity contribution in [1.82, 2.24) is 19.5 Å². The molecule has 0 amide bonds. The van der Waals surface area contributed by atoms with Gasteiger partial charge in [0.2, 0.25) is 0 Å². The van der Waals surface area contributed by atoms with Crippen LogP contribution in [0.4, 0.5) is 0 Å². The first-order chi connectivity index (χ1) is 34.1. The molecule has 13 rings (SSSR count). The Bertz CT molecular complexity index is 4130. The Labute approximate surface area is 397 Å². The molecule has 13 aromatic rings. The van der Waals surface area contributed by atoms with Crippen molar-refractivity contribution in [3.63, 3.8) is 0 Å². The second-order valence-corrected chi connectivity index (χ2v) is 17.5. The van der Waals surface area contributed by atoms with Crippen molar-refractivity contribution in [2.45, 2.75) is 0 Å². The van der Waals surface area contributed by atoms with E-state index >= 15 is 0 Å². The molecule has 0 aliphatic rings. The molecule has 324 valence electrons. The average molecular weight is 885 g/mol. The van der Waals surface area contributed by atoms with Crippen molar-refractivity contribution < 1.29 is 10.2 Å². The van der Waals surface area contributed by atoms with Crippen LogP contribution in [0.5, 0.6) is 11.5 Å². The van der Waals surface area contributed by atoms with Crippen LogP contribution in [0.15, 0.2) is 231 Å². The fourth-order valence-electron chi connectivity index (χ4n) is 10.2. The van der Waals surface area contributed by atoms with Gasteiger partial charge in [-0.3, -0.25) is 14.5 Å². The molecule has 69 heavy (non-hydrogen) atoms. The molecule has 2 N–H and O–H groups in total. The third kappa shape index (κ3) is 6.69. The minimum absolute atomic E-state index is 0.174. The third-order valence-corrected chi connectivity index (χ3v) is 13.5. The SMILES string of the molecule is Oc1c(-c2ccc(-c3c4ccccc4c(-c4ccc(-c5ccc6cccnc6c5O)cc4)c4cc(-c5ccc(-c6nc7ccccc7n6-c6ccccc6)cc5)ccc34)cc2)ccc2cccnc12. The molecule has 6 nitrogen and oxygen atoms in total. The summed E-state index contributed by atoms with van der Waals surface area (Å²) in [6.45, 7) is 0. The first-order valence-electron chi connectivity index (χ1n) is 23.0. The lowest BCUT2D eigenvalue weighted by molar-refractivity contribution is 0.482. The van der Waals surface area contributed by atoms with Gasteiger partial charge >= 0.3 is 0 Å². The quantitative estimate of drug-likeness (QED) is 0.156. The van der Waals surface area contributed by atoms with Crippen LogP contribution >= 0.6 is 0 Å². The summed E-state index contributed by atoms with van der Waals surface area (Å²) in [6.07, 6.45) is 3.42. The van der Waals surface area contributed by atoms with E-state index in [1.54, 1.807) is 12.4 Å². The van der Waals surface area contributed by atoms with Gasteiger partial charge < -0.3 is 10.2 Å². The summed E-state index contributed by atoms with van der Waals surface area (Å²) in [7, 11) is 0. The second kappa shape index (κ2) is 16.2. The highest BCUT2D eigenvalue weighted by atomic mass is 16.3. The Balaban J connectivity index is 0.969. The van der Waals surface area contributed by atoms with Crippen molar-refractivity contribution >= 4 is 54.4 Å². The fraction of sp³-hybridized carbons (Fsp3) is 0. The number of imidazole rings is 1. The Morgan fingerprint density at radius 1 is 0.348 bits per heavy atom. The first-order valence-corrected chi connectivity index (χ1v) is 23.0. The summed E-state index contributed by atoms with van der Waals surface area (Å²) in [4.78, 5) is 14.1. The highest BCUT2D eigenvalue weighted by Crippen LogP contribution is 2.46. The molecule has 0 saturated heterocycles. The monoisotopic (exact) mass is 884 g/mol. The van der Waals surface area contributed by atoms with E-state index in [1.165, 1.54) is 0 Å². The molecule has 3 aromatic heterocycles. The molecule has 0 spiro atoms. The molecule has 10 aromatic carbocycles. The predicted octanol–water partition coefficient (Wildman–Crippen LogP) is 15.8. The number of pyridine rings is 2. The standard InChI is InChI=1S/C63H40N4O2/c68-61-49(33-30-44-10-8-36-64-59(44)61)40-20-24-42(25-21-40)57-51-14-4-5-15-52(51)58(43-26-22-41(23-27-43)50-34-31-45-11-9-37-65-60(45)62(50)69)54-38-47(32-35-53(54)57)39-18-28-46(29-19-39)63-66-55-16-6-7-17-56(55)67(63)48-12-2-1-3-13-48/h1-38,68-69H. The van der Waals surface area contributed by atoms with Crippen molar-refractivity contribution in [2.75, 3.05) is 0 Å². The lowest BCUT2D eigenvalue weighted by Gasteiger charge is -2.19. The van der Waals surface area contributed by atoms with Crippen LogP contribution in [-0.2, 0) is 0 Å². The van der Waals surface area contributed by atoms with Crippen LogP contribution in [0.25, 0.3) is 127 Å². The van der Waals surface area contributed by atoms with Crippen LogP contribution in [0.1, 0.15) is 0 Å². The van der Waals surface area contributed by atoms with E-state index in [0.717, 1.165) is 116 Å². The van der Waals surface area contributed by atoms with Gasteiger partial charge in [-0.1, -0.05) is 164 Å². The van der Waals surface area contributed by atoms with Gasteiger partial charge in [-0.05, 0) is 121 Å². The van der Waals surface area contributed by atoms with Crippen LogP contribution in [0.3, 0.4) is 0 Å². The smallest absolute Gasteiger partial charge is 0.149 e. The van der Waals surface area contributed by atoms with Gasteiger partial charge in [0, 0.05) is 45.5 Å². The van der Waals surface area contributed by atoms with Crippen molar-refractivity contribution in [2.24, 2.45) is 0 Å². The number of aromatic nitrogens is 4. The summed E-state index contributed by atoms with van der Waals surface area (Å²) in [5, 5.41) is 29.0. The molecule has 0 aliphatic heterocycles. The Morgan fingerprint density at radius 3 is 1.43 bits per heavy atom. The number of phenols is 2. The molecular weight excluding hydrogens is 845 g/mol. The highest BCUT2D eigenvalue weighted by Gasteiger charge is 2.20. The minimum Gasteiger partial charge on any atom is -0.505 e. The minimum atomic E-state index is 0.174. The van der Waals surface area contributed by atoms with E-state index in [0.29, 0.717) is 11.0 Å². The molecular formula is C63H40N4O2. The predicted molar refractivity (Wildman–Crippen MR) is 283 cm³/mol. The molecule has 0 radical (unpaired) electrons. The largest absolute Gasteiger partial charge is 0.505 e. The average Bonchev–Trinajstić information content (AvgIpc) is 3.81. The van der Waals surface area contributed by atoms with E-state index in [2.05, 4.69) is 172 Å². The Kier molecular flexibility index (Phi) is 9.37. The second-order valence-electron chi connectivity index (χ2n) is 17.5. The molecule has 0 atom stereocenters. The fourth-order valence-corrected chi connectivity index (χ4v) is 10.2. The number of hydrogen-bond acceptors (Lipinski definition) is 5. The van der Waals surface area contributed by atoms with Gasteiger partial charge in [0.15, 0.2) is 0 Å². The zero-order valence-electron chi connectivity index (χ0n) is 37.1. The number of fused-ring (bicyclic) bond motifs is 5. The van der Waals surface area contributed by atoms with Gasteiger partial charge in [0.25, 0.3) is 0 Å². The lowest BCUT2D eigenvalue weighted by Crippen LogP contribution is -1.97. The van der Waals surface area contributed by atoms with Crippen molar-refractivity contribution in [3.05, 3.63) is 231 Å². The normalized spacial score (nSPS) is 11.6. The summed E-state index contributed by atoms with van der Waals surface area (Å²) < 4.78 is 2.23. The zero-order chi connectivity index (χ0) is 46.0. The molecule has 3 heterocycles. The van der Waals surface area contributed by atoms with Gasteiger partial charge in [0.05, 0.1) is 11.0 Å². The maximum Gasteiger partial charge on any atom is 0.149 e. The molecule has 0 unspecified atom stereocenters. The molecule has 0 bridgehead atoms. The summed E-state index contributed by atoms with van der Waals surface area (Å²) in [5.74, 6) is 1.24. The van der Waals surface area contributed by atoms with Gasteiger partial charge in [-0.2, -0.15) is 0 Å². The van der Waals surface area contributed by atoms with E-state index in [9.17, 15) is 10.2 Å². The number of phenolic OH excluding ortho intramolecular Hbond substituents is 2. The molecule has 6 heteroatoms. The third-order valence-electron chi connectivity index (χ3n) is 13.5. The molecule has 0 aliphatic carbocycles. The topological polar surface area (TPSA) is 84.1 Å². The number of para-hydroxylation sites is 3. The number of hydrogen-bond donors (Lipinski definition) is 2. The molecule has 0 saturated carbocycles. The van der Waals surface area contributed by atoms with E-state index in [4.69, 9.17) is 4.98 Å². The van der Waals surface area contributed by atoms with Crippen molar-refractivity contribution in [1.29, 1.82) is 0 Å². The van der Waals surface area contributed by atoms with Crippen LogP contribution in [-0.4, -0.2) is 29.7 Å². The van der Waals surface area contributed by atoms with Gasteiger partial charge in [-0.25, -0.2) is 4.98 Å². The maximum atomic E-state index is 11.4. The van der Waals surface area contributed by atoms with E-state index < -0.39 is 0 Å². The van der Waals surface area contributed by atoms with Gasteiger partial charge in [-0.15, -0.1) is 0 Å². The van der Waals surface area contributed by atoms with Crippen LogP contribution in [0, 0.1) is 0 Å². The van der Waals surface area contributed by atoms with E-state index in [-0.39, 0.29) is 11.5 Å². The Morgan fingerprint density at radius 2 is 0.826 bits per heavy atom. The summed E-state index contributed by atoms with van der Waals surface area (Å²) in [5.41, 5.74) is 15.1. The van der Waals surface area contributed by atoms with Crippen molar-refractivity contribution in [3.8, 4) is 84.2 Å². The van der Waals surface area contributed by atoms with Crippen LogP contribution < -0.4 is 0 Å². The lowest BCUT2D eigenvalue weighted by atomic mass is 9.84. The summed E-state index contributed by atoms with van der Waals surface area (Å²) in [6, 6.07) is 75.6. The van der Waals surface area contributed by atoms with E-state index in [1.807, 2.05) is 60.7 Å². The zero-order valence-corrected chi connectivity index (χ0v) is 37.1.